The second kappa shape index (κ2) is 6.23. The molecule has 1 aromatic heterocycles. The number of carbonyl (C=O) groups is 2. The number of nitrogens with one attached hydrogen (secondary N) is 2. The molecular weight excluding hydrogens is 322 g/mol. The van der Waals surface area contributed by atoms with Crippen LogP contribution in [-0.4, -0.2) is 28.1 Å². The lowest BCUT2D eigenvalue weighted by atomic mass is 10.0. The van der Waals surface area contributed by atoms with Gasteiger partial charge in [0.25, 0.3) is 5.91 Å². The topological polar surface area (TPSA) is 101 Å². The summed E-state index contributed by atoms with van der Waals surface area (Å²) in [4.78, 5) is 26.6. The maximum absolute atomic E-state index is 11.5. The molecule has 7 nitrogen and oxygen atoms in total. The van der Waals surface area contributed by atoms with Crippen LogP contribution in [0.25, 0.3) is 0 Å². The lowest BCUT2D eigenvalue weighted by molar-refractivity contribution is -0.122. The largest absolute Gasteiger partial charge is 0.439 e. The minimum absolute atomic E-state index is 0.380. The van der Waals surface area contributed by atoms with Crippen molar-refractivity contribution in [3.05, 3.63) is 53.2 Å². The van der Waals surface area contributed by atoms with Gasteiger partial charge in [0.2, 0.25) is 5.88 Å². The SMILES string of the molecule is O=C1NC(=O)C(C(O)c2ccc(Oc3ccc(Cl)cn3)cc2)N1. The molecule has 1 aliphatic rings. The van der Waals surface area contributed by atoms with E-state index in [1.165, 1.54) is 6.20 Å². The van der Waals surface area contributed by atoms with Crippen molar-refractivity contribution in [1.82, 2.24) is 15.6 Å². The molecule has 2 aromatic rings. The lowest BCUT2D eigenvalue weighted by Gasteiger charge is -2.16. The zero-order valence-corrected chi connectivity index (χ0v) is 12.4. The molecule has 0 spiro atoms. The first-order valence-electron chi connectivity index (χ1n) is 6.72. The molecule has 1 saturated heterocycles. The van der Waals surface area contributed by atoms with Crippen LogP contribution < -0.4 is 15.4 Å². The van der Waals surface area contributed by atoms with Crippen LogP contribution in [0.15, 0.2) is 42.6 Å². The van der Waals surface area contributed by atoms with Crippen molar-refractivity contribution in [3.8, 4) is 11.6 Å². The number of ether oxygens (including phenoxy) is 1. The van der Waals surface area contributed by atoms with Crippen molar-refractivity contribution in [3.63, 3.8) is 0 Å². The first kappa shape index (κ1) is 15.3. The number of hydrogen-bond donors (Lipinski definition) is 3. The molecule has 0 aliphatic carbocycles. The Balaban J connectivity index is 1.70. The quantitative estimate of drug-likeness (QED) is 0.740. The fourth-order valence-electron chi connectivity index (χ4n) is 2.12. The Bertz CT molecular complexity index is 733. The Hall–Kier alpha value is -2.64. The third-order valence-corrected chi connectivity index (χ3v) is 3.49. The van der Waals surface area contributed by atoms with E-state index < -0.39 is 24.1 Å². The Kier molecular flexibility index (Phi) is 4.14. The molecule has 3 amide bonds. The Morgan fingerprint density at radius 3 is 2.48 bits per heavy atom. The van der Waals surface area contributed by atoms with Gasteiger partial charge in [-0.05, 0) is 23.8 Å². The second-order valence-corrected chi connectivity index (χ2v) is 5.31. The normalized spacial score (nSPS) is 18.3. The van der Waals surface area contributed by atoms with E-state index in [1.54, 1.807) is 36.4 Å². The summed E-state index contributed by atoms with van der Waals surface area (Å²) in [5.41, 5.74) is 0.476. The molecule has 23 heavy (non-hydrogen) atoms. The van der Waals surface area contributed by atoms with Gasteiger partial charge in [-0.1, -0.05) is 23.7 Å². The van der Waals surface area contributed by atoms with Gasteiger partial charge in [-0.15, -0.1) is 0 Å². The van der Waals surface area contributed by atoms with E-state index in [-0.39, 0.29) is 0 Å². The Morgan fingerprint density at radius 1 is 1.17 bits per heavy atom. The summed E-state index contributed by atoms with van der Waals surface area (Å²) in [6, 6.07) is 8.13. The average molecular weight is 334 g/mol. The molecule has 118 valence electrons. The number of aromatic nitrogens is 1. The molecule has 1 aliphatic heterocycles. The molecule has 1 fully saturated rings. The van der Waals surface area contributed by atoms with Crippen molar-refractivity contribution in [2.24, 2.45) is 0 Å². The number of aliphatic hydroxyl groups is 1. The zero-order valence-electron chi connectivity index (χ0n) is 11.7. The van der Waals surface area contributed by atoms with Crippen molar-refractivity contribution in [2.45, 2.75) is 12.1 Å². The summed E-state index contributed by atoms with van der Waals surface area (Å²) in [7, 11) is 0. The number of rotatable bonds is 4. The molecule has 1 aromatic carbocycles. The third kappa shape index (κ3) is 3.41. The summed E-state index contributed by atoms with van der Waals surface area (Å²) in [5.74, 6) is 0.328. The van der Waals surface area contributed by atoms with Gasteiger partial charge in [0.1, 0.15) is 17.9 Å². The molecule has 3 N–H and O–H groups in total. The summed E-state index contributed by atoms with van der Waals surface area (Å²) in [6.07, 6.45) is 0.320. The average Bonchev–Trinajstić information content (AvgIpc) is 2.88. The second-order valence-electron chi connectivity index (χ2n) is 4.87. The zero-order chi connectivity index (χ0) is 16.4. The summed E-state index contributed by atoms with van der Waals surface area (Å²) in [5, 5.41) is 15.1. The van der Waals surface area contributed by atoms with E-state index >= 15 is 0 Å². The minimum atomic E-state index is -1.15. The van der Waals surface area contributed by atoms with E-state index in [4.69, 9.17) is 16.3 Å². The molecule has 0 bridgehead atoms. The molecule has 8 heteroatoms. The highest BCUT2D eigenvalue weighted by molar-refractivity contribution is 6.30. The number of nitrogens with zero attached hydrogens (tertiary/aromatic N) is 1. The lowest BCUT2D eigenvalue weighted by Crippen LogP contribution is -2.35. The molecule has 2 heterocycles. The predicted octanol–water partition coefficient (Wildman–Crippen LogP) is 1.77. The van der Waals surface area contributed by atoms with Crippen molar-refractivity contribution >= 4 is 23.5 Å². The van der Waals surface area contributed by atoms with E-state index in [9.17, 15) is 14.7 Å². The highest BCUT2D eigenvalue weighted by Crippen LogP contribution is 2.25. The number of carbonyl (C=O) groups excluding carboxylic acids is 2. The third-order valence-electron chi connectivity index (χ3n) is 3.27. The van der Waals surface area contributed by atoms with Crippen LogP contribution in [0.4, 0.5) is 4.79 Å². The molecule has 0 radical (unpaired) electrons. The Labute approximate surface area is 136 Å². The molecule has 0 saturated carbocycles. The number of amides is 3. The minimum Gasteiger partial charge on any atom is -0.439 e. The highest BCUT2D eigenvalue weighted by atomic mass is 35.5. The van der Waals surface area contributed by atoms with Crippen molar-refractivity contribution < 1.29 is 19.4 Å². The molecule has 2 unspecified atom stereocenters. The number of hydrogen-bond acceptors (Lipinski definition) is 5. The van der Waals surface area contributed by atoms with Gasteiger partial charge in [-0.2, -0.15) is 0 Å². The molecule has 3 rings (SSSR count). The monoisotopic (exact) mass is 333 g/mol. The van der Waals surface area contributed by atoms with Gasteiger partial charge in [0, 0.05) is 12.3 Å². The van der Waals surface area contributed by atoms with E-state index in [2.05, 4.69) is 15.6 Å². The highest BCUT2D eigenvalue weighted by Gasteiger charge is 2.36. The van der Waals surface area contributed by atoms with Crippen molar-refractivity contribution in [1.29, 1.82) is 0 Å². The van der Waals surface area contributed by atoms with Crippen LogP contribution in [0.3, 0.4) is 0 Å². The summed E-state index contributed by atoms with van der Waals surface area (Å²) >= 11 is 5.75. The number of imide groups is 1. The van der Waals surface area contributed by atoms with Gasteiger partial charge in [-0.3, -0.25) is 10.1 Å². The predicted molar refractivity (Wildman–Crippen MR) is 81.2 cm³/mol. The summed E-state index contributed by atoms with van der Waals surface area (Å²) < 4.78 is 5.53. The van der Waals surface area contributed by atoms with Crippen LogP contribution in [0, 0.1) is 0 Å². The molecule has 2 atom stereocenters. The van der Waals surface area contributed by atoms with E-state index in [1.807, 2.05) is 0 Å². The van der Waals surface area contributed by atoms with E-state index in [0.717, 1.165) is 0 Å². The van der Waals surface area contributed by atoms with Crippen LogP contribution in [0.2, 0.25) is 5.02 Å². The van der Waals surface area contributed by atoms with Crippen molar-refractivity contribution in [2.75, 3.05) is 0 Å². The maximum Gasteiger partial charge on any atom is 0.322 e. The van der Waals surface area contributed by atoms with Gasteiger partial charge in [0.05, 0.1) is 5.02 Å². The number of pyridine rings is 1. The number of halogens is 1. The van der Waals surface area contributed by atoms with E-state index in [0.29, 0.717) is 22.2 Å². The van der Waals surface area contributed by atoms with Crippen LogP contribution in [-0.2, 0) is 4.79 Å². The van der Waals surface area contributed by atoms with Gasteiger partial charge in [0.15, 0.2) is 0 Å². The standard InChI is InChI=1S/C15H12ClN3O4/c16-9-3-6-11(17-7-9)23-10-4-1-8(2-5-10)13(20)12-14(21)19-15(22)18-12/h1-7,12-13,20H,(H2,18,19,21,22). The van der Waals surface area contributed by atoms with Crippen LogP contribution >= 0.6 is 11.6 Å². The van der Waals surface area contributed by atoms with Gasteiger partial charge < -0.3 is 15.2 Å². The fraction of sp³-hybridized carbons (Fsp3) is 0.133. The Morgan fingerprint density at radius 2 is 1.91 bits per heavy atom. The number of benzene rings is 1. The number of urea groups is 1. The first-order chi connectivity index (χ1) is 11.0. The maximum atomic E-state index is 11.5. The summed E-state index contributed by atoms with van der Waals surface area (Å²) in [6.45, 7) is 0. The number of aliphatic hydroxyl groups excluding tert-OH is 1. The smallest absolute Gasteiger partial charge is 0.322 e. The van der Waals surface area contributed by atoms with Gasteiger partial charge in [-0.25, -0.2) is 9.78 Å². The first-order valence-corrected chi connectivity index (χ1v) is 7.09. The van der Waals surface area contributed by atoms with Gasteiger partial charge >= 0.3 is 6.03 Å². The molecular formula is C15H12ClN3O4. The van der Waals surface area contributed by atoms with Crippen LogP contribution in [0.1, 0.15) is 11.7 Å². The van der Waals surface area contributed by atoms with Crippen LogP contribution in [0.5, 0.6) is 11.6 Å². The fourth-order valence-corrected chi connectivity index (χ4v) is 2.24.